The van der Waals surface area contributed by atoms with E-state index in [1.807, 2.05) is 6.92 Å². The van der Waals surface area contributed by atoms with Crippen LogP contribution in [0.3, 0.4) is 0 Å². The van der Waals surface area contributed by atoms with Crippen molar-refractivity contribution in [1.29, 1.82) is 0 Å². The van der Waals surface area contributed by atoms with Gasteiger partial charge in [-0.3, -0.25) is 4.79 Å². The van der Waals surface area contributed by atoms with Gasteiger partial charge in [-0.1, -0.05) is 32.8 Å². The fourth-order valence-corrected chi connectivity index (χ4v) is 2.00. The number of anilines is 1. The Morgan fingerprint density at radius 1 is 1.14 bits per heavy atom. The normalized spacial score (nSPS) is 12.5. The molecule has 0 aromatic heterocycles. The molecule has 1 atom stereocenters. The zero-order valence-corrected chi connectivity index (χ0v) is 12.9. The molecule has 21 heavy (non-hydrogen) atoms. The first-order chi connectivity index (χ1) is 9.90. The number of carbonyl (C=O) groups excluding carboxylic acids is 1. The zero-order valence-electron chi connectivity index (χ0n) is 12.9. The van der Waals surface area contributed by atoms with Gasteiger partial charge < -0.3 is 10.6 Å². The Morgan fingerprint density at radius 2 is 1.76 bits per heavy atom. The molecule has 0 spiro atoms. The van der Waals surface area contributed by atoms with Crippen LogP contribution in [0.2, 0.25) is 0 Å². The Labute approximate surface area is 125 Å². The second-order valence-electron chi connectivity index (χ2n) is 5.75. The summed E-state index contributed by atoms with van der Waals surface area (Å²) in [5, 5.41) is 5.32. The number of amides is 1. The lowest BCUT2D eigenvalue weighted by atomic mass is 10.0. The molecular weight excluding hydrogens is 274 g/mol. The Bertz CT molecular complexity index is 443. The fourth-order valence-electron chi connectivity index (χ4n) is 2.00. The molecule has 118 valence electrons. The van der Waals surface area contributed by atoms with Crippen molar-refractivity contribution in [2.75, 3.05) is 11.9 Å². The molecule has 5 heteroatoms. The van der Waals surface area contributed by atoms with E-state index in [9.17, 15) is 13.6 Å². The van der Waals surface area contributed by atoms with Crippen molar-refractivity contribution in [1.82, 2.24) is 5.32 Å². The Hall–Kier alpha value is -1.49. The molecule has 0 aliphatic carbocycles. The van der Waals surface area contributed by atoms with Gasteiger partial charge in [-0.25, -0.2) is 8.78 Å². The highest BCUT2D eigenvalue weighted by molar-refractivity contribution is 5.92. The molecule has 1 rings (SSSR count). The van der Waals surface area contributed by atoms with Crippen molar-refractivity contribution in [3.05, 3.63) is 29.8 Å². The van der Waals surface area contributed by atoms with Crippen LogP contribution in [0.1, 0.15) is 40.0 Å². The predicted octanol–water partition coefficient (Wildman–Crippen LogP) is 3.71. The Morgan fingerprint density at radius 3 is 2.33 bits per heavy atom. The standard InChI is InChI=1S/C16H24F2N2O/c1-11(2)6-4-7-12(3)19-10-15(21)20-16-13(17)8-5-9-14(16)18/h5,8-9,11-12,19H,4,6-7,10H2,1-3H3,(H,20,21). The van der Waals surface area contributed by atoms with Gasteiger partial charge >= 0.3 is 0 Å². The van der Waals surface area contributed by atoms with Crippen molar-refractivity contribution in [2.24, 2.45) is 5.92 Å². The molecule has 1 aromatic rings. The lowest BCUT2D eigenvalue weighted by Crippen LogP contribution is -2.34. The molecular formula is C16H24F2N2O. The molecule has 0 radical (unpaired) electrons. The van der Waals surface area contributed by atoms with Crippen LogP contribution in [-0.4, -0.2) is 18.5 Å². The SMILES string of the molecule is CC(C)CCCC(C)NCC(=O)Nc1c(F)cccc1F. The number of para-hydroxylation sites is 1. The number of halogens is 2. The van der Waals surface area contributed by atoms with E-state index in [4.69, 9.17) is 0 Å². The summed E-state index contributed by atoms with van der Waals surface area (Å²) in [6.45, 7) is 6.39. The maximum absolute atomic E-state index is 13.4. The summed E-state index contributed by atoms with van der Waals surface area (Å²) in [5.41, 5.74) is -0.392. The van der Waals surface area contributed by atoms with Gasteiger partial charge in [-0.05, 0) is 31.4 Å². The summed E-state index contributed by atoms with van der Waals surface area (Å²) in [4.78, 5) is 11.7. The first-order valence-electron chi connectivity index (χ1n) is 7.37. The van der Waals surface area contributed by atoms with Gasteiger partial charge in [-0.15, -0.1) is 0 Å². The van der Waals surface area contributed by atoms with E-state index in [1.54, 1.807) is 0 Å². The van der Waals surface area contributed by atoms with Crippen LogP contribution < -0.4 is 10.6 Å². The van der Waals surface area contributed by atoms with E-state index >= 15 is 0 Å². The number of rotatable bonds is 8. The third-order valence-corrected chi connectivity index (χ3v) is 3.26. The maximum atomic E-state index is 13.4. The van der Waals surface area contributed by atoms with Gasteiger partial charge in [0.25, 0.3) is 0 Å². The van der Waals surface area contributed by atoms with Crippen LogP contribution >= 0.6 is 0 Å². The van der Waals surface area contributed by atoms with Gasteiger partial charge in [-0.2, -0.15) is 0 Å². The number of benzene rings is 1. The summed E-state index contributed by atoms with van der Waals surface area (Å²) in [5.74, 6) is -1.32. The van der Waals surface area contributed by atoms with Crippen molar-refractivity contribution >= 4 is 11.6 Å². The molecule has 2 N–H and O–H groups in total. The lowest BCUT2D eigenvalue weighted by Gasteiger charge is -2.14. The Kier molecular flexibility index (Phi) is 7.29. The van der Waals surface area contributed by atoms with Crippen LogP contribution in [0, 0.1) is 17.6 Å². The van der Waals surface area contributed by atoms with Gasteiger partial charge in [0.1, 0.15) is 17.3 Å². The van der Waals surface area contributed by atoms with E-state index in [0.717, 1.165) is 31.4 Å². The molecule has 0 bridgehead atoms. The second kappa shape index (κ2) is 8.72. The summed E-state index contributed by atoms with van der Waals surface area (Å²) < 4.78 is 26.8. The summed E-state index contributed by atoms with van der Waals surface area (Å²) in [6, 6.07) is 3.68. The summed E-state index contributed by atoms with van der Waals surface area (Å²) in [6.07, 6.45) is 3.22. The highest BCUT2D eigenvalue weighted by Crippen LogP contribution is 2.17. The average Bonchev–Trinajstić information content (AvgIpc) is 2.40. The minimum atomic E-state index is -0.770. The largest absolute Gasteiger partial charge is 0.320 e. The van der Waals surface area contributed by atoms with Crippen molar-refractivity contribution < 1.29 is 13.6 Å². The molecule has 0 aliphatic rings. The first kappa shape index (κ1) is 17.6. The topological polar surface area (TPSA) is 41.1 Å². The summed E-state index contributed by atoms with van der Waals surface area (Å²) >= 11 is 0. The first-order valence-corrected chi connectivity index (χ1v) is 7.37. The molecule has 1 amide bonds. The second-order valence-corrected chi connectivity index (χ2v) is 5.75. The van der Waals surface area contributed by atoms with Crippen molar-refractivity contribution in [2.45, 2.75) is 46.1 Å². The predicted molar refractivity (Wildman–Crippen MR) is 81.1 cm³/mol. The number of hydrogen-bond donors (Lipinski definition) is 2. The van der Waals surface area contributed by atoms with Crippen LogP contribution in [0.15, 0.2) is 18.2 Å². The van der Waals surface area contributed by atoms with E-state index in [2.05, 4.69) is 24.5 Å². The quantitative estimate of drug-likeness (QED) is 0.768. The van der Waals surface area contributed by atoms with Crippen LogP contribution in [-0.2, 0) is 4.79 Å². The molecule has 0 saturated carbocycles. The smallest absolute Gasteiger partial charge is 0.238 e. The minimum Gasteiger partial charge on any atom is -0.320 e. The van der Waals surface area contributed by atoms with Gasteiger partial charge in [0.15, 0.2) is 0 Å². The molecule has 3 nitrogen and oxygen atoms in total. The number of hydrogen-bond acceptors (Lipinski definition) is 2. The van der Waals surface area contributed by atoms with Crippen LogP contribution in [0.5, 0.6) is 0 Å². The molecule has 0 heterocycles. The zero-order chi connectivity index (χ0) is 15.8. The van der Waals surface area contributed by atoms with Crippen molar-refractivity contribution in [3.63, 3.8) is 0 Å². The highest BCUT2D eigenvalue weighted by Gasteiger charge is 2.12. The van der Waals surface area contributed by atoms with Gasteiger partial charge in [0.2, 0.25) is 5.91 Å². The molecule has 0 fully saturated rings. The lowest BCUT2D eigenvalue weighted by molar-refractivity contribution is -0.115. The van der Waals surface area contributed by atoms with E-state index in [-0.39, 0.29) is 12.6 Å². The molecule has 0 saturated heterocycles. The molecule has 1 aromatic carbocycles. The van der Waals surface area contributed by atoms with E-state index < -0.39 is 23.2 Å². The number of nitrogens with one attached hydrogen (secondary N) is 2. The highest BCUT2D eigenvalue weighted by atomic mass is 19.1. The van der Waals surface area contributed by atoms with Gasteiger partial charge in [0, 0.05) is 6.04 Å². The van der Waals surface area contributed by atoms with Crippen molar-refractivity contribution in [3.8, 4) is 0 Å². The Balaban J connectivity index is 2.34. The monoisotopic (exact) mass is 298 g/mol. The summed E-state index contributed by atoms with van der Waals surface area (Å²) in [7, 11) is 0. The van der Waals surface area contributed by atoms with E-state index in [1.165, 1.54) is 6.07 Å². The maximum Gasteiger partial charge on any atom is 0.238 e. The minimum absolute atomic E-state index is 0.0383. The molecule has 1 unspecified atom stereocenters. The molecule has 0 aliphatic heterocycles. The number of carbonyl (C=O) groups is 1. The third kappa shape index (κ3) is 6.67. The van der Waals surface area contributed by atoms with Crippen LogP contribution in [0.25, 0.3) is 0 Å². The fraction of sp³-hybridized carbons (Fsp3) is 0.562. The third-order valence-electron chi connectivity index (χ3n) is 3.26. The van der Waals surface area contributed by atoms with Gasteiger partial charge in [0.05, 0.1) is 6.54 Å². The van der Waals surface area contributed by atoms with E-state index in [0.29, 0.717) is 5.92 Å². The average molecular weight is 298 g/mol. The van der Waals surface area contributed by atoms with Crippen LogP contribution in [0.4, 0.5) is 14.5 Å².